The third-order valence-corrected chi connectivity index (χ3v) is 8.31. The van der Waals surface area contributed by atoms with Crippen molar-refractivity contribution in [2.75, 3.05) is 18.1 Å². The maximum atomic E-state index is 13.7. The molecule has 1 amide bonds. The lowest BCUT2D eigenvalue weighted by molar-refractivity contribution is -0.137. The normalized spacial score (nSPS) is 18.4. The van der Waals surface area contributed by atoms with E-state index in [4.69, 9.17) is 9.47 Å². The van der Waals surface area contributed by atoms with E-state index >= 15 is 0 Å². The first kappa shape index (κ1) is 25.9. The van der Waals surface area contributed by atoms with E-state index in [-0.39, 0.29) is 51.4 Å². The predicted octanol–water partition coefficient (Wildman–Crippen LogP) is 5.03. The molecule has 0 aromatic heterocycles. The molecule has 7 nitrogen and oxygen atoms in total. The van der Waals surface area contributed by atoms with E-state index in [0.717, 1.165) is 29.9 Å². The number of halogens is 3. The van der Waals surface area contributed by atoms with Crippen molar-refractivity contribution in [3.05, 3.63) is 89.0 Å². The summed E-state index contributed by atoms with van der Waals surface area (Å²) in [7, 11) is -4.21. The number of hydrogen-bond donors (Lipinski definition) is 0. The topological polar surface area (TPSA) is 90.0 Å². The molecule has 2 heterocycles. The van der Waals surface area contributed by atoms with E-state index in [1.54, 1.807) is 0 Å². The number of carbonyl (C=O) groups is 2. The summed E-state index contributed by atoms with van der Waals surface area (Å²) in [6.45, 7) is 0.229. The lowest BCUT2D eigenvalue weighted by atomic mass is 10.1. The minimum atomic E-state index is -4.60. The Balaban J connectivity index is 1.59. The molecule has 0 radical (unpaired) electrons. The molecule has 2 aliphatic rings. The highest BCUT2D eigenvalue weighted by Crippen LogP contribution is 2.39. The van der Waals surface area contributed by atoms with Gasteiger partial charge >= 0.3 is 12.1 Å². The van der Waals surface area contributed by atoms with Crippen LogP contribution in [0, 0.1) is 0 Å². The van der Waals surface area contributed by atoms with E-state index in [0.29, 0.717) is 6.61 Å². The van der Waals surface area contributed by atoms with Crippen molar-refractivity contribution in [3.8, 4) is 0 Å². The lowest BCUT2D eigenvalue weighted by Gasteiger charge is -2.24. The fraction of sp³-hybridized carbons (Fsp3) is 0.259. The molecule has 1 atom stereocenters. The molecule has 3 aromatic rings. The van der Waals surface area contributed by atoms with Crippen molar-refractivity contribution < 1.29 is 40.7 Å². The number of nitrogens with zero attached hydrogens (tertiary/aromatic N) is 1. The van der Waals surface area contributed by atoms with Crippen molar-refractivity contribution in [2.45, 2.75) is 41.5 Å². The molecule has 0 bridgehead atoms. The van der Waals surface area contributed by atoms with E-state index in [1.807, 2.05) is 0 Å². The van der Waals surface area contributed by atoms with Crippen molar-refractivity contribution in [3.63, 3.8) is 0 Å². The summed E-state index contributed by atoms with van der Waals surface area (Å²) >= 11 is 0. The van der Waals surface area contributed by atoms with Crippen LogP contribution in [0.4, 0.5) is 18.9 Å². The molecule has 2 aliphatic heterocycles. The first-order valence-corrected chi connectivity index (χ1v) is 13.3. The largest absolute Gasteiger partial charge is 0.459 e. The van der Waals surface area contributed by atoms with Gasteiger partial charge in [-0.3, -0.25) is 4.79 Å². The Kier molecular flexibility index (Phi) is 6.74. The number of alkyl halides is 3. The predicted molar refractivity (Wildman–Crippen MR) is 130 cm³/mol. The van der Waals surface area contributed by atoms with Gasteiger partial charge in [0.1, 0.15) is 6.61 Å². The lowest BCUT2D eigenvalue weighted by Crippen LogP contribution is -2.30. The Labute approximate surface area is 216 Å². The van der Waals surface area contributed by atoms with Gasteiger partial charge in [0.05, 0.1) is 44.8 Å². The fourth-order valence-electron chi connectivity index (χ4n) is 4.55. The molecule has 3 aromatic carbocycles. The Morgan fingerprint density at radius 1 is 1.03 bits per heavy atom. The highest BCUT2D eigenvalue weighted by Gasteiger charge is 2.37. The summed E-state index contributed by atoms with van der Waals surface area (Å²) in [5.74, 6) is -1.47. The first-order chi connectivity index (χ1) is 18.1. The van der Waals surface area contributed by atoms with Crippen LogP contribution in [0.3, 0.4) is 0 Å². The van der Waals surface area contributed by atoms with Crippen LogP contribution < -0.4 is 4.90 Å². The molecule has 0 N–H and O–H groups in total. The van der Waals surface area contributed by atoms with E-state index in [9.17, 15) is 31.2 Å². The average Bonchev–Trinajstić information content (AvgIpc) is 3.41. The molecular formula is C27H22F3NO6S. The fourth-order valence-corrected chi connectivity index (χ4v) is 6.18. The molecule has 0 aliphatic carbocycles. The zero-order valence-electron chi connectivity index (χ0n) is 19.9. The summed E-state index contributed by atoms with van der Waals surface area (Å²) < 4.78 is 77.9. The number of carbonyl (C=O) groups excluding carboxylic acids is 2. The number of hydrogen-bond acceptors (Lipinski definition) is 6. The van der Waals surface area contributed by atoms with Gasteiger partial charge in [-0.15, -0.1) is 0 Å². The van der Waals surface area contributed by atoms with Crippen molar-refractivity contribution in [1.29, 1.82) is 0 Å². The van der Waals surface area contributed by atoms with Gasteiger partial charge < -0.3 is 14.4 Å². The summed E-state index contributed by atoms with van der Waals surface area (Å²) in [6, 6.07) is 13.8. The number of esters is 1. The van der Waals surface area contributed by atoms with Gasteiger partial charge in [-0.1, -0.05) is 24.3 Å². The molecule has 0 saturated carbocycles. The van der Waals surface area contributed by atoms with Crippen molar-refractivity contribution in [1.82, 2.24) is 0 Å². The molecule has 38 heavy (non-hydrogen) atoms. The summed E-state index contributed by atoms with van der Waals surface area (Å²) in [4.78, 5) is 27.1. The van der Waals surface area contributed by atoms with Crippen LogP contribution in [-0.4, -0.2) is 39.6 Å². The Bertz CT molecular complexity index is 1510. The van der Waals surface area contributed by atoms with Crippen LogP contribution in [0.1, 0.15) is 44.7 Å². The highest BCUT2D eigenvalue weighted by molar-refractivity contribution is 7.91. The molecule has 0 unspecified atom stereocenters. The third-order valence-electron chi connectivity index (χ3n) is 6.45. The quantitative estimate of drug-likeness (QED) is 0.418. The number of sulfone groups is 1. The number of amides is 1. The molecule has 11 heteroatoms. The smallest absolute Gasteiger partial charge is 0.416 e. The first-order valence-electron chi connectivity index (χ1n) is 11.8. The minimum Gasteiger partial charge on any atom is -0.459 e. The zero-order valence-corrected chi connectivity index (χ0v) is 20.7. The van der Waals surface area contributed by atoms with Gasteiger partial charge in [0.15, 0.2) is 0 Å². The third kappa shape index (κ3) is 4.91. The molecule has 1 fully saturated rings. The minimum absolute atomic E-state index is 0.00950. The SMILES string of the molecule is O=C(OC[C@@H]1CCCO1)c1ccc2c(c1)N(Cc1cccc(C(F)(F)F)c1)C(=O)c1ccccc1S2(=O)=O. The second kappa shape index (κ2) is 9.88. The number of benzene rings is 3. The van der Waals surface area contributed by atoms with Crippen LogP contribution in [0.2, 0.25) is 0 Å². The van der Waals surface area contributed by atoms with Crippen LogP contribution in [-0.2, 0) is 32.0 Å². The molecule has 5 rings (SSSR count). The standard InChI is InChI=1S/C27H22F3NO6S/c28-27(29,30)19-6-3-5-17(13-19)15-31-22-14-18(26(33)37-16-20-7-4-12-36-20)10-11-24(22)38(34,35)23-9-2-1-8-21(23)25(31)32/h1-3,5-6,8-11,13-14,20H,4,7,12,15-16H2/t20-/m0/s1. The van der Waals surface area contributed by atoms with Crippen LogP contribution in [0.25, 0.3) is 0 Å². The van der Waals surface area contributed by atoms with E-state index in [1.165, 1.54) is 54.6 Å². The van der Waals surface area contributed by atoms with Gasteiger partial charge in [-0.2, -0.15) is 13.2 Å². The van der Waals surface area contributed by atoms with Crippen LogP contribution >= 0.6 is 0 Å². The highest BCUT2D eigenvalue weighted by atomic mass is 32.2. The molecule has 1 saturated heterocycles. The second-order valence-electron chi connectivity index (χ2n) is 9.01. The Morgan fingerprint density at radius 3 is 2.55 bits per heavy atom. The molecular weight excluding hydrogens is 523 g/mol. The Hall–Kier alpha value is -3.70. The van der Waals surface area contributed by atoms with Gasteiger partial charge in [0.2, 0.25) is 9.84 Å². The van der Waals surface area contributed by atoms with E-state index in [2.05, 4.69) is 0 Å². The van der Waals surface area contributed by atoms with Gasteiger partial charge in [-0.25, -0.2) is 13.2 Å². The number of rotatable bonds is 5. The van der Waals surface area contributed by atoms with E-state index < -0.39 is 33.5 Å². The second-order valence-corrected chi connectivity index (χ2v) is 10.9. The summed E-state index contributed by atoms with van der Waals surface area (Å²) in [6.07, 6.45) is -3.24. The number of anilines is 1. The summed E-state index contributed by atoms with van der Waals surface area (Å²) in [5, 5.41) is 0. The van der Waals surface area contributed by atoms with Gasteiger partial charge in [-0.05, 0) is 60.9 Å². The summed E-state index contributed by atoms with van der Waals surface area (Å²) in [5.41, 5.74) is -1.04. The molecule has 0 spiro atoms. The van der Waals surface area contributed by atoms with Gasteiger partial charge in [0, 0.05) is 6.61 Å². The molecule has 198 valence electrons. The zero-order chi connectivity index (χ0) is 27.1. The van der Waals surface area contributed by atoms with Crippen LogP contribution in [0.5, 0.6) is 0 Å². The number of fused-ring (bicyclic) bond motifs is 2. The van der Waals surface area contributed by atoms with Crippen LogP contribution in [0.15, 0.2) is 76.5 Å². The average molecular weight is 546 g/mol. The van der Waals surface area contributed by atoms with Crippen molar-refractivity contribution >= 4 is 27.4 Å². The Morgan fingerprint density at radius 2 is 1.82 bits per heavy atom. The monoisotopic (exact) mass is 545 g/mol. The maximum Gasteiger partial charge on any atom is 0.416 e. The van der Waals surface area contributed by atoms with Crippen molar-refractivity contribution in [2.24, 2.45) is 0 Å². The van der Waals surface area contributed by atoms with Gasteiger partial charge in [0.25, 0.3) is 5.91 Å². The number of ether oxygens (including phenoxy) is 2. The maximum absolute atomic E-state index is 13.7.